The average Bonchev–Trinajstić information content (AvgIpc) is 2.75. The summed E-state index contributed by atoms with van der Waals surface area (Å²) in [6.07, 6.45) is 7.00. The minimum absolute atomic E-state index is 0.0573. The molecule has 2 aromatic heterocycles. The SMILES string of the molecule is O=C(O)Cc1cccc(Oc2cccc(Nc3cncc(N4CCCCC4)n3)n2)c1. The Labute approximate surface area is 174 Å². The predicted molar refractivity (Wildman–Crippen MR) is 113 cm³/mol. The van der Waals surface area contributed by atoms with E-state index in [4.69, 9.17) is 9.84 Å². The minimum atomic E-state index is -0.885. The molecule has 1 fully saturated rings. The van der Waals surface area contributed by atoms with Crippen LogP contribution in [0.5, 0.6) is 11.6 Å². The number of carboxylic acids is 1. The molecule has 3 heterocycles. The number of carbonyl (C=O) groups is 1. The van der Waals surface area contributed by atoms with E-state index in [9.17, 15) is 4.79 Å². The first-order valence-corrected chi connectivity index (χ1v) is 9.95. The third-order valence-corrected chi connectivity index (χ3v) is 4.76. The van der Waals surface area contributed by atoms with E-state index < -0.39 is 5.97 Å². The summed E-state index contributed by atoms with van der Waals surface area (Å²) < 4.78 is 5.81. The van der Waals surface area contributed by atoms with E-state index >= 15 is 0 Å². The van der Waals surface area contributed by atoms with Gasteiger partial charge in [-0.25, -0.2) is 4.98 Å². The lowest BCUT2D eigenvalue weighted by Crippen LogP contribution is -2.30. The summed E-state index contributed by atoms with van der Waals surface area (Å²) in [5, 5.41) is 12.1. The molecule has 1 saturated heterocycles. The highest BCUT2D eigenvalue weighted by molar-refractivity contribution is 5.70. The van der Waals surface area contributed by atoms with Gasteiger partial charge in [-0.15, -0.1) is 0 Å². The summed E-state index contributed by atoms with van der Waals surface area (Å²) in [7, 11) is 0. The number of piperidine rings is 1. The van der Waals surface area contributed by atoms with Crippen molar-refractivity contribution in [2.45, 2.75) is 25.7 Å². The lowest BCUT2D eigenvalue weighted by atomic mass is 10.1. The molecule has 1 aromatic carbocycles. The predicted octanol–water partition coefficient (Wildman–Crippen LogP) is 4.02. The molecule has 0 bridgehead atoms. The van der Waals surface area contributed by atoms with Gasteiger partial charge in [0.15, 0.2) is 5.82 Å². The van der Waals surface area contributed by atoms with Crippen molar-refractivity contribution in [2.75, 3.05) is 23.3 Å². The zero-order chi connectivity index (χ0) is 20.8. The monoisotopic (exact) mass is 405 g/mol. The Kier molecular flexibility index (Phi) is 6.03. The Morgan fingerprint density at radius 3 is 2.70 bits per heavy atom. The first kappa shape index (κ1) is 19.6. The van der Waals surface area contributed by atoms with E-state index in [1.54, 1.807) is 42.7 Å². The highest BCUT2D eigenvalue weighted by Gasteiger charge is 2.13. The number of anilines is 3. The molecule has 4 rings (SSSR count). The van der Waals surface area contributed by atoms with Crippen LogP contribution in [0.25, 0.3) is 0 Å². The molecule has 8 heteroatoms. The molecule has 0 aliphatic carbocycles. The molecular weight excluding hydrogens is 382 g/mol. The number of aliphatic carboxylic acids is 1. The summed E-state index contributed by atoms with van der Waals surface area (Å²) in [6.45, 7) is 2.00. The number of ether oxygens (including phenoxy) is 1. The number of aromatic nitrogens is 3. The fourth-order valence-electron chi connectivity index (χ4n) is 3.38. The highest BCUT2D eigenvalue weighted by atomic mass is 16.5. The van der Waals surface area contributed by atoms with Crippen molar-refractivity contribution in [1.29, 1.82) is 0 Å². The smallest absolute Gasteiger partial charge is 0.307 e. The van der Waals surface area contributed by atoms with Crippen LogP contribution < -0.4 is 15.0 Å². The van der Waals surface area contributed by atoms with Crippen LogP contribution in [0.2, 0.25) is 0 Å². The van der Waals surface area contributed by atoms with Gasteiger partial charge in [0.25, 0.3) is 0 Å². The van der Waals surface area contributed by atoms with Gasteiger partial charge in [-0.2, -0.15) is 4.98 Å². The molecule has 0 saturated carbocycles. The number of carboxylic acid groups (broad SMARTS) is 1. The molecule has 3 aromatic rings. The van der Waals surface area contributed by atoms with Crippen molar-refractivity contribution in [2.24, 2.45) is 0 Å². The standard InChI is InChI=1S/C22H23N5O3/c28-22(29)13-16-6-4-7-17(12-16)30-21-9-5-8-18(26-21)24-19-14-23-15-20(25-19)27-10-2-1-3-11-27/h4-9,12,14-15H,1-3,10-11,13H2,(H,28,29)(H,24,25,26). The molecule has 0 unspecified atom stereocenters. The molecule has 0 atom stereocenters. The molecule has 0 amide bonds. The Balaban J connectivity index is 1.46. The normalized spacial score (nSPS) is 13.7. The number of hydrogen-bond donors (Lipinski definition) is 2. The van der Waals surface area contributed by atoms with Gasteiger partial charge in [-0.3, -0.25) is 9.78 Å². The van der Waals surface area contributed by atoms with Crippen molar-refractivity contribution in [3.8, 4) is 11.6 Å². The minimum Gasteiger partial charge on any atom is -0.481 e. The van der Waals surface area contributed by atoms with E-state index in [2.05, 4.69) is 25.2 Å². The van der Waals surface area contributed by atoms with Crippen LogP contribution in [0.1, 0.15) is 24.8 Å². The van der Waals surface area contributed by atoms with Gasteiger partial charge >= 0.3 is 5.97 Å². The maximum atomic E-state index is 10.9. The summed E-state index contributed by atoms with van der Waals surface area (Å²) >= 11 is 0. The van der Waals surface area contributed by atoms with E-state index in [1.165, 1.54) is 19.3 Å². The van der Waals surface area contributed by atoms with Crippen molar-refractivity contribution in [3.63, 3.8) is 0 Å². The van der Waals surface area contributed by atoms with Crippen LogP contribution in [0.3, 0.4) is 0 Å². The fraction of sp³-hybridized carbons (Fsp3) is 0.273. The van der Waals surface area contributed by atoms with Crippen LogP contribution in [0.4, 0.5) is 17.5 Å². The number of benzene rings is 1. The number of nitrogens with one attached hydrogen (secondary N) is 1. The fourth-order valence-corrected chi connectivity index (χ4v) is 3.38. The van der Waals surface area contributed by atoms with Crippen molar-refractivity contribution in [1.82, 2.24) is 15.0 Å². The maximum Gasteiger partial charge on any atom is 0.307 e. The number of rotatable bonds is 7. The van der Waals surface area contributed by atoms with Gasteiger partial charge < -0.3 is 20.1 Å². The van der Waals surface area contributed by atoms with Crippen LogP contribution >= 0.6 is 0 Å². The largest absolute Gasteiger partial charge is 0.481 e. The van der Waals surface area contributed by atoms with Crippen molar-refractivity contribution in [3.05, 3.63) is 60.4 Å². The van der Waals surface area contributed by atoms with Gasteiger partial charge in [0.2, 0.25) is 5.88 Å². The summed E-state index contributed by atoms with van der Waals surface area (Å²) in [5.41, 5.74) is 0.666. The summed E-state index contributed by atoms with van der Waals surface area (Å²) in [6, 6.07) is 12.4. The molecule has 1 aliphatic heterocycles. The van der Waals surface area contributed by atoms with E-state index in [0.29, 0.717) is 28.8 Å². The zero-order valence-corrected chi connectivity index (χ0v) is 16.5. The lowest BCUT2D eigenvalue weighted by Gasteiger charge is -2.27. The van der Waals surface area contributed by atoms with Crippen LogP contribution in [0.15, 0.2) is 54.9 Å². The molecule has 2 N–H and O–H groups in total. The second-order valence-electron chi connectivity index (χ2n) is 7.12. The van der Waals surface area contributed by atoms with E-state index in [1.807, 2.05) is 12.1 Å². The number of nitrogens with zero attached hydrogens (tertiary/aromatic N) is 4. The third kappa shape index (κ3) is 5.22. The quantitative estimate of drug-likeness (QED) is 0.608. The maximum absolute atomic E-state index is 10.9. The first-order chi connectivity index (χ1) is 14.7. The average molecular weight is 405 g/mol. The van der Waals surface area contributed by atoms with Gasteiger partial charge in [0, 0.05) is 19.2 Å². The van der Waals surface area contributed by atoms with E-state index in [0.717, 1.165) is 18.9 Å². The van der Waals surface area contributed by atoms with Crippen LogP contribution in [-0.4, -0.2) is 39.1 Å². The second-order valence-corrected chi connectivity index (χ2v) is 7.12. The molecule has 8 nitrogen and oxygen atoms in total. The van der Waals surface area contributed by atoms with Gasteiger partial charge in [0.1, 0.15) is 17.4 Å². The van der Waals surface area contributed by atoms with Crippen LogP contribution in [0, 0.1) is 0 Å². The van der Waals surface area contributed by atoms with Gasteiger partial charge in [-0.05, 0) is 43.0 Å². The topological polar surface area (TPSA) is 100 Å². The van der Waals surface area contributed by atoms with Gasteiger partial charge in [0.05, 0.1) is 18.8 Å². The Bertz CT molecular complexity index is 1020. The Morgan fingerprint density at radius 1 is 1.03 bits per heavy atom. The molecule has 0 spiro atoms. The summed E-state index contributed by atoms with van der Waals surface area (Å²) in [5.74, 6) is 2.11. The van der Waals surface area contributed by atoms with E-state index in [-0.39, 0.29) is 6.42 Å². The van der Waals surface area contributed by atoms with Crippen LogP contribution in [-0.2, 0) is 11.2 Å². The molecular formula is C22H23N5O3. The first-order valence-electron chi connectivity index (χ1n) is 9.95. The third-order valence-electron chi connectivity index (χ3n) is 4.76. The lowest BCUT2D eigenvalue weighted by molar-refractivity contribution is -0.136. The molecule has 154 valence electrons. The molecule has 30 heavy (non-hydrogen) atoms. The second kappa shape index (κ2) is 9.21. The van der Waals surface area contributed by atoms with Gasteiger partial charge in [-0.1, -0.05) is 18.2 Å². The van der Waals surface area contributed by atoms with Crippen molar-refractivity contribution < 1.29 is 14.6 Å². The molecule has 1 aliphatic rings. The summed E-state index contributed by atoms with van der Waals surface area (Å²) in [4.78, 5) is 26.6. The molecule has 0 radical (unpaired) electrons. The zero-order valence-electron chi connectivity index (χ0n) is 16.5. The Hall–Kier alpha value is -3.68. The number of pyridine rings is 1. The number of hydrogen-bond acceptors (Lipinski definition) is 7. The Morgan fingerprint density at radius 2 is 1.87 bits per heavy atom. The van der Waals surface area contributed by atoms with Crippen molar-refractivity contribution >= 4 is 23.4 Å². The highest BCUT2D eigenvalue weighted by Crippen LogP contribution is 2.24.